The summed E-state index contributed by atoms with van der Waals surface area (Å²) in [5.41, 5.74) is -0.511. The fraction of sp³-hybridized carbons (Fsp3) is 0.176. The van der Waals surface area contributed by atoms with E-state index in [1.54, 1.807) is 0 Å². The highest BCUT2D eigenvalue weighted by molar-refractivity contribution is 6.39. The monoisotopic (exact) mass is 370 g/mol. The normalized spacial score (nSPS) is 12.3. The average Bonchev–Trinajstić information content (AvgIpc) is 2.60. The molecule has 2 aromatic rings. The van der Waals surface area contributed by atoms with E-state index < -0.39 is 35.5 Å². The minimum Gasteiger partial charge on any atom is -0.387 e. The quantitative estimate of drug-likeness (QED) is 0.572. The molecule has 2 rings (SSSR count). The van der Waals surface area contributed by atoms with Crippen LogP contribution in [0.25, 0.3) is 0 Å². The zero-order valence-electron chi connectivity index (χ0n) is 13.2. The molecule has 0 radical (unpaired) electrons. The van der Waals surface area contributed by atoms with Crippen molar-refractivity contribution in [2.24, 2.45) is 0 Å². The van der Waals surface area contributed by atoms with Crippen LogP contribution in [0.4, 0.5) is 23.2 Å². The van der Waals surface area contributed by atoms with Gasteiger partial charge in [-0.25, -0.2) is 4.39 Å². The summed E-state index contributed by atoms with van der Waals surface area (Å²) < 4.78 is 50.2. The van der Waals surface area contributed by atoms with Gasteiger partial charge in [-0.3, -0.25) is 9.59 Å². The molecule has 1 unspecified atom stereocenters. The van der Waals surface area contributed by atoms with Gasteiger partial charge in [-0.15, -0.1) is 0 Å². The van der Waals surface area contributed by atoms with Crippen LogP contribution in [0.2, 0.25) is 0 Å². The third kappa shape index (κ3) is 5.28. The van der Waals surface area contributed by atoms with Crippen LogP contribution in [0.5, 0.6) is 0 Å². The van der Waals surface area contributed by atoms with Crippen LogP contribution in [0, 0.1) is 5.82 Å². The van der Waals surface area contributed by atoms with Gasteiger partial charge in [-0.05, 0) is 42.0 Å². The molecule has 9 heteroatoms. The van der Waals surface area contributed by atoms with E-state index in [1.807, 2.05) is 0 Å². The van der Waals surface area contributed by atoms with Crippen molar-refractivity contribution >= 4 is 17.5 Å². The maximum absolute atomic E-state index is 12.8. The zero-order chi connectivity index (χ0) is 19.3. The van der Waals surface area contributed by atoms with Gasteiger partial charge in [0.25, 0.3) is 0 Å². The van der Waals surface area contributed by atoms with Gasteiger partial charge in [0.05, 0.1) is 11.7 Å². The number of alkyl halides is 3. The summed E-state index contributed by atoms with van der Waals surface area (Å²) >= 11 is 0. The van der Waals surface area contributed by atoms with Gasteiger partial charge in [-0.1, -0.05) is 12.1 Å². The molecular formula is C17H14F4N2O3. The molecule has 0 fully saturated rings. The smallest absolute Gasteiger partial charge is 0.387 e. The Labute approximate surface area is 145 Å². The van der Waals surface area contributed by atoms with Crippen molar-refractivity contribution in [2.75, 3.05) is 11.9 Å². The molecule has 0 aliphatic carbocycles. The maximum Gasteiger partial charge on any atom is 0.416 e. The highest BCUT2D eigenvalue weighted by Crippen LogP contribution is 2.29. The second-order valence-corrected chi connectivity index (χ2v) is 5.31. The lowest BCUT2D eigenvalue weighted by atomic mass is 10.1. The highest BCUT2D eigenvalue weighted by Gasteiger charge is 2.30. The van der Waals surface area contributed by atoms with Crippen molar-refractivity contribution in [3.05, 3.63) is 65.5 Å². The van der Waals surface area contributed by atoms with Crippen molar-refractivity contribution in [3.63, 3.8) is 0 Å². The number of nitrogens with one attached hydrogen (secondary N) is 2. The molecule has 0 bridgehead atoms. The zero-order valence-corrected chi connectivity index (χ0v) is 13.2. The van der Waals surface area contributed by atoms with E-state index in [2.05, 4.69) is 10.6 Å². The SMILES string of the molecule is O=C(NCC(O)c1ccc(C(F)(F)F)cc1)C(=O)Nc1ccc(F)cc1. The molecule has 138 valence electrons. The molecule has 2 amide bonds. The Morgan fingerprint density at radius 1 is 0.962 bits per heavy atom. The van der Waals surface area contributed by atoms with Crippen molar-refractivity contribution in [1.29, 1.82) is 0 Å². The molecule has 0 saturated carbocycles. The van der Waals surface area contributed by atoms with E-state index in [-0.39, 0.29) is 17.8 Å². The topological polar surface area (TPSA) is 78.4 Å². The molecule has 0 aromatic heterocycles. The van der Waals surface area contributed by atoms with E-state index in [4.69, 9.17) is 0 Å². The molecule has 5 nitrogen and oxygen atoms in total. The highest BCUT2D eigenvalue weighted by atomic mass is 19.4. The van der Waals surface area contributed by atoms with E-state index in [0.29, 0.717) is 0 Å². The Balaban J connectivity index is 1.87. The molecule has 2 aromatic carbocycles. The fourth-order valence-corrected chi connectivity index (χ4v) is 2.00. The van der Waals surface area contributed by atoms with Crippen molar-refractivity contribution in [3.8, 4) is 0 Å². The van der Waals surface area contributed by atoms with Gasteiger partial charge >= 0.3 is 18.0 Å². The average molecular weight is 370 g/mol. The van der Waals surface area contributed by atoms with Gasteiger partial charge < -0.3 is 15.7 Å². The third-order valence-corrected chi connectivity index (χ3v) is 3.39. The Hall–Kier alpha value is -2.94. The van der Waals surface area contributed by atoms with Crippen molar-refractivity contribution in [1.82, 2.24) is 5.32 Å². The van der Waals surface area contributed by atoms with E-state index in [1.165, 1.54) is 12.1 Å². The van der Waals surface area contributed by atoms with Crippen molar-refractivity contribution < 1.29 is 32.3 Å². The van der Waals surface area contributed by atoms with Crippen LogP contribution in [0.1, 0.15) is 17.2 Å². The standard InChI is InChI=1S/C17H14F4N2O3/c18-12-5-7-13(8-6-12)23-16(26)15(25)22-9-14(24)10-1-3-11(4-2-10)17(19,20)21/h1-8,14,24H,9H2,(H,22,25)(H,23,26). The number of anilines is 1. The largest absolute Gasteiger partial charge is 0.416 e. The van der Waals surface area contributed by atoms with E-state index >= 15 is 0 Å². The first-order valence-electron chi connectivity index (χ1n) is 7.37. The second-order valence-electron chi connectivity index (χ2n) is 5.31. The van der Waals surface area contributed by atoms with Crippen LogP contribution in [0.3, 0.4) is 0 Å². The summed E-state index contributed by atoms with van der Waals surface area (Å²) in [5, 5.41) is 14.3. The predicted octanol–water partition coefficient (Wildman–Crippen LogP) is 2.63. The van der Waals surface area contributed by atoms with Crippen LogP contribution in [0.15, 0.2) is 48.5 Å². The van der Waals surface area contributed by atoms with Crippen LogP contribution >= 0.6 is 0 Å². The molecular weight excluding hydrogens is 356 g/mol. The number of rotatable bonds is 4. The number of carbonyl (C=O) groups excluding carboxylic acids is 2. The third-order valence-electron chi connectivity index (χ3n) is 3.39. The van der Waals surface area contributed by atoms with Crippen LogP contribution in [-0.4, -0.2) is 23.5 Å². The molecule has 26 heavy (non-hydrogen) atoms. The molecule has 0 spiro atoms. The number of amides is 2. The molecule has 1 atom stereocenters. The van der Waals surface area contributed by atoms with Gasteiger partial charge in [-0.2, -0.15) is 13.2 Å². The van der Waals surface area contributed by atoms with Crippen molar-refractivity contribution in [2.45, 2.75) is 12.3 Å². The minimum absolute atomic E-state index is 0.150. The Bertz CT molecular complexity index is 774. The van der Waals surface area contributed by atoms with Gasteiger partial charge in [0.15, 0.2) is 0 Å². The summed E-state index contributed by atoms with van der Waals surface area (Å²) in [6.45, 7) is -0.374. The first-order chi connectivity index (χ1) is 12.2. The Kier molecular flexibility index (Phi) is 5.93. The summed E-state index contributed by atoms with van der Waals surface area (Å²) in [6.07, 6.45) is -5.78. The minimum atomic E-state index is -4.49. The van der Waals surface area contributed by atoms with Gasteiger partial charge in [0.2, 0.25) is 0 Å². The van der Waals surface area contributed by atoms with Gasteiger partial charge in [0, 0.05) is 12.2 Å². The molecule has 0 aliphatic rings. The lowest BCUT2D eigenvalue weighted by Gasteiger charge is -2.13. The number of hydrogen-bond acceptors (Lipinski definition) is 3. The summed E-state index contributed by atoms with van der Waals surface area (Å²) in [7, 11) is 0. The molecule has 0 saturated heterocycles. The number of aliphatic hydroxyl groups is 1. The number of aliphatic hydroxyl groups excluding tert-OH is 1. The molecule has 0 heterocycles. The lowest BCUT2D eigenvalue weighted by molar-refractivity contribution is -0.137. The number of halogens is 4. The lowest BCUT2D eigenvalue weighted by Crippen LogP contribution is -2.37. The first-order valence-corrected chi connectivity index (χ1v) is 7.37. The van der Waals surface area contributed by atoms with E-state index in [9.17, 15) is 32.3 Å². The number of carbonyl (C=O) groups is 2. The molecule has 3 N–H and O–H groups in total. The Morgan fingerprint density at radius 3 is 2.08 bits per heavy atom. The first kappa shape index (κ1) is 19.4. The number of benzene rings is 2. The van der Waals surface area contributed by atoms with Gasteiger partial charge in [0.1, 0.15) is 5.82 Å². The van der Waals surface area contributed by atoms with Crippen LogP contribution < -0.4 is 10.6 Å². The summed E-state index contributed by atoms with van der Waals surface area (Å²) in [4.78, 5) is 23.4. The summed E-state index contributed by atoms with van der Waals surface area (Å²) in [6, 6.07) is 8.50. The Morgan fingerprint density at radius 2 is 1.54 bits per heavy atom. The summed E-state index contributed by atoms with van der Waals surface area (Å²) in [5.74, 6) is -2.59. The van der Waals surface area contributed by atoms with E-state index in [0.717, 1.165) is 36.4 Å². The predicted molar refractivity (Wildman–Crippen MR) is 84.4 cm³/mol. The fourth-order valence-electron chi connectivity index (χ4n) is 2.00. The molecule has 0 aliphatic heterocycles. The van der Waals surface area contributed by atoms with Crippen LogP contribution in [-0.2, 0) is 15.8 Å². The second kappa shape index (κ2) is 7.96. The number of hydrogen-bond donors (Lipinski definition) is 3. The maximum atomic E-state index is 12.8.